The lowest BCUT2D eigenvalue weighted by atomic mass is 10.0. The summed E-state index contributed by atoms with van der Waals surface area (Å²) in [6, 6.07) is 22.9. The summed E-state index contributed by atoms with van der Waals surface area (Å²) in [5.74, 6) is 1.70. The van der Waals surface area contributed by atoms with E-state index in [-0.39, 0.29) is 0 Å². The Morgan fingerprint density at radius 2 is 1.73 bits per heavy atom. The first kappa shape index (κ1) is 18.6. The SMILES string of the molecule is CCOc1ccc(-c2c(C)sc3ncnc(Nc4cccc5ccccc45)c23)cc1. The van der Waals surface area contributed by atoms with Gasteiger partial charge in [-0.15, -0.1) is 11.3 Å². The Hall–Kier alpha value is -3.44. The van der Waals surface area contributed by atoms with Gasteiger partial charge in [0, 0.05) is 21.5 Å². The number of nitrogens with one attached hydrogen (secondary N) is 1. The summed E-state index contributed by atoms with van der Waals surface area (Å²) in [6.07, 6.45) is 1.63. The van der Waals surface area contributed by atoms with Crippen molar-refractivity contribution in [2.75, 3.05) is 11.9 Å². The van der Waals surface area contributed by atoms with Crippen LogP contribution in [0.25, 0.3) is 32.1 Å². The van der Waals surface area contributed by atoms with Crippen LogP contribution < -0.4 is 10.1 Å². The molecule has 148 valence electrons. The van der Waals surface area contributed by atoms with Crippen LogP contribution in [0.5, 0.6) is 5.75 Å². The van der Waals surface area contributed by atoms with Gasteiger partial charge in [0.25, 0.3) is 0 Å². The second-order valence-electron chi connectivity index (χ2n) is 7.04. The van der Waals surface area contributed by atoms with E-state index in [9.17, 15) is 0 Å². The summed E-state index contributed by atoms with van der Waals surface area (Å²) in [6.45, 7) is 4.79. The first-order valence-corrected chi connectivity index (χ1v) is 10.8. The van der Waals surface area contributed by atoms with Crippen molar-refractivity contribution in [2.45, 2.75) is 13.8 Å². The Balaban J connectivity index is 1.64. The van der Waals surface area contributed by atoms with E-state index in [4.69, 9.17) is 4.74 Å². The molecule has 0 fully saturated rings. The fraction of sp³-hybridized carbons (Fsp3) is 0.120. The van der Waals surface area contributed by atoms with E-state index in [0.717, 1.165) is 33.0 Å². The highest BCUT2D eigenvalue weighted by atomic mass is 32.1. The molecule has 2 heterocycles. The van der Waals surface area contributed by atoms with E-state index in [1.165, 1.54) is 21.2 Å². The van der Waals surface area contributed by atoms with E-state index >= 15 is 0 Å². The van der Waals surface area contributed by atoms with Crippen molar-refractivity contribution in [2.24, 2.45) is 0 Å². The zero-order chi connectivity index (χ0) is 20.5. The average molecular weight is 412 g/mol. The van der Waals surface area contributed by atoms with Gasteiger partial charge in [0.15, 0.2) is 0 Å². The Bertz CT molecular complexity index is 1340. The molecular formula is C25H21N3OS. The normalized spacial score (nSPS) is 11.1. The van der Waals surface area contributed by atoms with Crippen LogP contribution in [-0.2, 0) is 0 Å². The molecule has 0 aliphatic rings. The number of rotatable bonds is 5. The summed E-state index contributed by atoms with van der Waals surface area (Å²) in [7, 11) is 0. The van der Waals surface area contributed by atoms with Gasteiger partial charge in [0.05, 0.1) is 12.0 Å². The molecule has 0 radical (unpaired) electrons. The van der Waals surface area contributed by atoms with E-state index in [2.05, 4.69) is 76.8 Å². The Kier molecular flexibility index (Phi) is 4.81. The lowest BCUT2D eigenvalue weighted by molar-refractivity contribution is 0.340. The van der Waals surface area contributed by atoms with Crippen molar-refractivity contribution in [1.29, 1.82) is 0 Å². The highest BCUT2D eigenvalue weighted by Crippen LogP contribution is 2.41. The maximum atomic E-state index is 5.61. The second kappa shape index (κ2) is 7.76. The number of aryl methyl sites for hydroxylation is 1. The molecule has 1 N–H and O–H groups in total. The second-order valence-corrected chi connectivity index (χ2v) is 8.25. The molecule has 0 amide bonds. The van der Waals surface area contributed by atoms with Crippen LogP contribution in [0.15, 0.2) is 73.1 Å². The molecule has 5 heteroatoms. The number of hydrogen-bond acceptors (Lipinski definition) is 5. The molecule has 3 aromatic carbocycles. The van der Waals surface area contributed by atoms with Crippen LogP contribution >= 0.6 is 11.3 Å². The third-order valence-corrected chi connectivity index (χ3v) is 6.17. The van der Waals surface area contributed by atoms with Gasteiger partial charge in [0.2, 0.25) is 0 Å². The minimum atomic E-state index is 0.659. The molecule has 4 nitrogen and oxygen atoms in total. The maximum Gasteiger partial charge on any atom is 0.143 e. The predicted molar refractivity (Wildman–Crippen MR) is 126 cm³/mol. The van der Waals surface area contributed by atoms with Gasteiger partial charge >= 0.3 is 0 Å². The van der Waals surface area contributed by atoms with Crippen molar-refractivity contribution in [3.05, 3.63) is 77.9 Å². The van der Waals surface area contributed by atoms with Gasteiger partial charge in [-0.3, -0.25) is 0 Å². The molecule has 0 bridgehead atoms. The number of nitrogens with zero attached hydrogens (tertiary/aromatic N) is 2. The highest BCUT2D eigenvalue weighted by Gasteiger charge is 2.17. The summed E-state index contributed by atoms with van der Waals surface area (Å²) in [4.78, 5) is 11.4. The standard InChI is InChI=1S/C25H21N3OS/c1-3-29-19-13-11-18(12-14-19)22-16(2)30-25-23(22)24(26-15-27-25)28-21-10-6-8-17-7-4-5-9-20(17)21/h4-15H,3H2,1-2H3,(H,26,27,28). The Labute approximate surface area is 179 Å². The average Bonchev–Trinajstić information content (AvgIpc) is 3.12. The molecule has 0 saturated heterocycles. The smallest absolute Gasteiger partial charge is 0.143 e. The first-order valence-electron chi connectivity index (χ1n) is 9.96. The zero-order valence-corrected chi connectivity index (χ0v) is 17.7. The van der Waals surface area contributed by atoms with E-state index in [1.807, 2.05) is 19.1 Å². The van der Waals surface area contributed by atoms with Crippen LogP contribution in [0.2, 0.25) is 0 Å². The summed E-state index contributed by atoms with van der Waals surface area (Å²) in [5.41, 5.74) is 3.34. The molecule has 0 atom stereocenters. The van der Waals surface area contributed by atoms with Crippen molar-refractivity contribution in [1.82, 2.24) is 9.97 Å². The fourth-order valence-corrected chi connectivity index (χ4v) is 4.85. The third-order valence-electron chi connectivity index (χ3n) is 5.16. The van der Waals surface area contributed by atoms with Crippen LogP contribution in [0, 0.1) is 6.92 Å². The molecule has 0 unspecified atom stereocenters. The summed E-state index contributed by atoms with van der Waals surface area (Å²) < 4.78 is 5.61. The van der Waals surface area contributed by atoms with Crippen LogP contribution in [0.1, 0.15) is 11.8 Å². The molecule has 0 saturated carbocycles. The van der Waals surface area contributed by atoms with Crippen molar-refractivity contribution < 1.29 is 4.74 Å². The topological polar surface area (TPSA) is 47.0 Å². The van der Waals surface area contributed by atoms with Crippen molar-refractivity contribution in [3.8, 4) is 16.9 Å². The van der Waals surface area contributed by atoms with Gasteiger partial charge in [-0.1, -0.05) is 48.5 Å². The molecule has 0 spiro atoms. The van der Waals surface area contributed by atoms with Gasteiger partial charge in [-0.25, -0.2) is 9.97 Å². The van der Waals surface area contributed by atoms with Gasteiger partial charge in [0.1, 0.15) is 22.7 Å². The summed E-state index contributed by atoms with van der Waals surface area (Å²) in [5, 5.41) is 6.99. The number of hydrogen-bond donors (Lipinski definition) is 1. The highest BCUT2D eigenvalue weighted by molar-refractivity contribution is 7.19. The molecule has 2 aromatic heterocycles. The van der Waals surface area contributed by atoms with Crippen molar-refractivity contribution >= 4 is 43.8 Å². The fourth-order valence-electron chi connectivity index (χ4n) is 3.83. The van der Waals surface area contributed by atoms with E-state index < -0.39 is 0 Å². The number of fused-ring (bicyclic) bond motifs is 2. The number of benzene rings is 3. The zero-order valence-electron chi connectivity index (χ0n) is 16.8. The largest absolute Gasteiger partial charge is 0.494 e. The first-order chi connectivity index (χ1) is 14.7. The van der Waals surface area contributed by atoms with Gasteiger partial charge in [-0.05, 0) is 43.0 Å². The quantitative estimate of drug-likeness (QED) is 0.339. The molecule has 0 aliphatic carbocycles. The van der Waals surface area contributed by atoms with Gasteiger partial charge < -0.3 is 10.1 Å². The molecule has 5 rings (SSSR count). The minimum Gasteiger partial charge on any atom is -0.494 e. The Morgan fingerprint density at radius 1 is 0.933 bits per heavy atom. The molecule has 30 heavy (non-hydrogen) atoms. The van der Waals surface area contributed by atoms with Crippen molar-refractivity contribution in [3.63, 3.8) is 0 Å². The monoisotopic (exact) mass is 411 g/mol. The number of thiophene rings is 1. The molecule has 5 aromatic rings. The maximum absolute atomic E-state index is 5.61. The lowest BCUT2D eigenvalue weighted by Gasteiger charge is -2.12. The van der Waals surface area contributed by atoms with Crippen LogP contribution in [0.4, 0.5) is 11.5 Å². The minimum absolute atomic E-state index is 0.659. The molecule has 0 aliphatic heterocycles. The Morgan fingerprint density at radius 3 is 2.57 bits per heavy atom. The number of ether oxygens (including phenoxy) is 1. The van der Waals surface area contributed by atoms with Gasteiger partial charge in [-0.2, -0.15) is 0 Å². The lowest BCUT2D eigenvalue weighted by Crippen LogP contribution is -1.96. The third kappa shape index (κ3) is 3.27. The van der Waals surface area contributed by atoms with E-state index in [1.54, 1.807) is 17.7 Å². The van der Waals surface area contributed by atoms with Crippen LogP contribution in [0.3, 0.4) is 0 Å². The summed E-state index contributed by atoms with van der Waals surface area (Å²) >= 11 is 1.69. The number of aromatic nitrogens is 2. The predicted octanol–water partition coefficient (Wildman–Crippen LogP) is 6.96. The van der Waals surface area contributed by atoms with E-state index in [0.29, 0.717) is 6.61 Å². The van der Waals surface area contributed by atoms with Crippen LogP contribution in [-0.4, -0.2) is 16.6 Å². The number of anilines is 2. The molecular weight excluding hydrogens is 390 g/mol.